The Morgan fingerprint density at radius 2 is 0.841 bits per heavy atom. The van der Waals surface area contributed by atoms with Gasteiger partial charge in [0.1, 0.15) is 0 Å². The Morgan fingerprint density at radius 1 is 0.318 bits per heavy atom. The van der Waals surface area contributed by atoms with Gasteiger partial charge in [0.2, 0.25) is 0 Å². The fourth-order valence-corrected chi connectivity index (χ4v) is 6.83. The molecule has 1 heteroatoms. The lowest BCUT2D eigenvalue weighted by Gasteiger charge is -2.18. The number of aromatic nitrogens is 1. The van der Waals surface area contributed by atoms with E-state index in [0.717, 1.165) is 22.2 Å². The van der Waals surface area contributed by atoms with E-state index in [2.05, 4.69) is 158 Å². The van der Waals surface area contributed by atoms with Crippen LogP contribution in [-0.4, -0.2) is 4.98 Å². The Hall–Kier alpha value is -5.79. The first-order chi connectivity index (χ1) is 21.8. The monoisotopic (exact) mass is 557 g/mol. The van der Waals surface area contributed by atoms with Crippen molar-refractivity contribution in [1.29, 1.82) is 0 Å². The first kappa shape index (κ1) is 24.8. The van der Waals surface area contributed by atoms with Crippen LogP contribution in [0.15, 0.2) is 164 Å². The molecule has 0 unspecified atom stereocenters. The molecule has 1 heterocycles. The maximum atomic E-state index is 4.94. The van der Waals surface area contributed by atoms with Gasteiger partial charge in [0.15, 0.2) is 0 Å². The van der Waals surface area contributed by atoms with Crippen LogP contribution in [0.25, 0.3) is 87.9 Å². The van der Waals surface area contributed by atoms with Crippen molar-refractivity contribution in [3.63, 3.8) is 0 Å². The van der Waals surface area contributed by atoms with Crippen LogP contribution in [-0.2, 0) is 0 Å². The molecule has 0 amide bonds. The predicted molar refractivity (Wildman–Crippen MR) is 187 cm³/mol. The third kappa shape index (κ3) is 3.98. The molecule has 9 aromatic rings. The van der Waals surface area contributed by atoms with Crippen molar-refractivity contribution < 1.29 is 0 Å². The van der Waals surface area contributed by atoms with Crippen LogP contribution < -0.4 is 0 Å². The summed E-state index contributed by atoms with van der Waals surface area (Å²) in [5, 5.41) is 8.96. The van der Waals surface area contributed by atoms with Crippen LogP contribution in [0.1, 0.15) is 0 Å². The van der Waals surface area contributed by atoms with E-state index >= 15 is 0 Å². The van der Waals surface area contributed by atoms with Crippen LogP contribution in [0.5, 0.6) is 0 Å². The standard InChI is InChI=1S/C43H27N/c1-2-7-28(8-3-1)29-13-15-30(16-14-29)38-27-39(37-25-22-35-11-6-10-34-21-24-36(38)43(37)42(34)35)31-17-19-33(20-18-31)41-26-23-32-9-4-5-12-40(32)44-41/h1-27H. The topological polar surface area (TPSA) is 12.9 Å². The number of pyridine rings is 1. The van der Waals surface area contributed by atoms with E-state index in [1.54, 1.807) is 0 Å². The lowest BCUT2D eigenvalue weighted by molar-refractivity contribution is 1.40. The SMILES string of the molecule is c1ccc(-c2ccc(-c3cc(-c4ccc(-c5ccc6ccccc6n5)cc4)c4ccc5cccc6ccc3c4c65)cc2)cc1. The molecular formula is C43H27N. The van der Waals surface area contributed by atoms with Gasteiger partial charge in [0, 0.05) is 10.9 Å². The summed E-state index contributed by atoms with van der Waals surface area (Å²) in [7, 11) is 0. The van der Waals surface area contributed by atoms with Crippen molar-refractivity contribution in [3.05, 3.63) is 164 Å². The highest BCUT2D eigenvalue weighted by molar-refractivity contribution is 6.28. The third-order valence-electron chi connectivity index (χ3n) is 9.04. The molecule has 44 heavy (non-hydrogen) atoms. The first-order valence-corrected chi connectivity index (χ1v) is 15.1. The fourth-order valence-electron chi connectivity index (χ4n) is 6.83. The van der Waals surface area contributed by atoms with Crippen molar-refractivity contribution in [2.45, 2.75) is 0 Å². The number of rotatable bonds is 4. The zero-order valence-electron chi connectivity index (χ0n) is 24.0. The van der Waals surface area contributed by atoms with E-state index in [-0.39, 0.29) is 0 Å². The summed E-state index contributed by atoms with van der Waals surface area (Å²) in [5.74, 6) is 0. The van der Waals surface area contributed by atoms with E-state index in [4.69, 9.17) is 4.98 Å². The summed E-state index contributed by atoms with van der Waals surface area (Å²) >= 11 is 0. The number of nitrogens with zero attached hydrogens (tertiary/aromatic N) is 1. The lowest BCUT2D eigenvalue weighted by atomic mass is 9.85. The van der Waals surface area contributed by atoms with Gasteiger partial charge in [-0.05, 0) is 83.9 Å². The van der Waals surface area contributed by atoms with E-state index in [1.807, 2.05) is 6.07 Å². The molecule has 0 N–H and O–H groups in total. The molecule has 0 aliphatic rings. The Bertz CT molecular complexity index is 2440. The molecule has 0 spiro atoms. The minimum absolute atomic E-state index is 0.991. The van der Waals surface area contributed by atoms with Crippen molar-refractivity contribution in [2.75, 3.05) is 0 Å². The molecule has 0 radical (unpaired) electrons. The van der Waals surface area contributed by atoms with Crippen molar-refractivity contribution in [2.24, 2.45) is 0 Å². The first-order valence-electron chi connectivity index (χ1n) is 15.1. The van der Waals surface area contributed by atoms with Gasteiger partial charge in [-0.25, -0.2) is 4.98 Å². The molecule has 0 saturated carbocycles. The van der Waals surface area contributed by atoms with Crippen molar-refractivity contribution in [1.82, 2.24) is 4.98 Å². The molecule has 0 bridgehead atoms. The highest BCUT2D eigenvalue weighted by Crippen LogP contribution is 2.44. The highest BCUT2D eigenvalue weighted by atomic mass is 14.7. The predicted octanol–water partition coefficient (Wildman–Crippen LogP) is 11.8. The lowest BCUT2D eigenvalue weighted by Crippen LogP contribution is -1.91. The maximum Gasteiger partial charge on any atom is 0.0709 e. The summed E-state index contributed by atoms with van der Waals surface area (Å²) in [6.07, 6.45) is 0. The number of hydrogen-bond acceptors (Lipinski definition) is 1. The van der Waals surface area contributed by atoms with Gasteiger partial charge < -0.3 is 0 Å². The normalized spacial score (nSPS) is 11.6. The summed E-state index contributed by atoms with van der Waals surface area (Å²) < 4.78 is 0. The average Bonchev–Trinajstić information content (AvgIpc) is 3.11. The largest absolute Gasteiger partial charge is 0.248 e. The molecule has 0 atom stereocenters. The van der Waals surface area contributed by atoms with Gasteiger partial charge in [-0.2, -0.15) is 0 Å². The number of fused-ring (bicyclic) bond motifs is 1. The van der Waals surface area contributed by atoms with Gasteiger partial charge in [0.25, 0.3) is 0 Å². The van der Waals surface area contributed by atoms with Gasteiger partial charge >= 0.3 is 0 Å². The van der Waals surface area contributed by atoms with E-state index in [1.165, 1.54) is 65.7 Å². The molecule has 0 fully saturated rings. The molecule has 0 aliphatic heterocycles. The second-order valence-corrected chi connectivity index (χ2v) is 11.6. The molecule has 8 aromatic carbocycles. The van der Waals surface area contributed by atoms with Crippen LogP contribution in [0.4, 0.5) is 0 Å². The van der Waals surface area contributed by atoms with E-state index < -0.39 is 0 Å². The van der Waals surface area contributed by atoms with Crippen LogP contribution in [0, 0.1) is 0 Å². The fraction of sp³-hybridized carbons (Fsp3) is 0. The van der Waals surface area contributed by atoms with E-state index in [0.29, 0.717) is 0 Å². The van der Waals surface area contributed by atoms with Crippen molar-refractivity contribution >= 4 is 43.2 Å². The summed E-state index contributed by atoms with van der Waals surface area (Å²) in [6, 6.07) is 59.3. The Kier molecular flexibility index (Phi) is 5.57. The quantitative estimate of drug-likeness (QED) is 0.196. The minimum atomic E-state index is 0.991. The van der Waals surface area contributed by atoms with Gasteiger partial charge in [-0.3, -0.25) is 0 Å². The smallest absolute Gasteiger partial charge is 0.0709 e. The maximum absolute atomic E-state index is 4.94. The zero-order chi connectivity index (χ0) is 29.0. The Labute approximate surface area is 256 Å². The van der Waals surface area contributed by atoms with Gasteiger partial charge in [0.05, 0.1) is 11.2 Å². The molecule has 1 nitrogen and oxygen atoms in total. The highest BCUT2D eigenvalue weighted by Gasteiger charge is 2.17. The van der Waals surface area contributed by atoms with Crippen LogP contribution >= 0.6 is 0 Å². The molecule has 9 rings (SSSR count). The van der Waals surface area contributed by atoms with Gasteiger partial charge in [-0.15, -0.1) is 0 Å². The van der Waals surface area contributed by atoms with Crippen LogP contribution in [0.3, 0.4) is 0 Å². The Morgan fingerprint density at radius 3 is 1.52 bits per heavy atom. The molecule has 204 valence electrons. The third-order valence-corrected chi connectivity index (χ3v) is 9.04. The van der Waals surface area contributed by atoms with Crippen LogP contribution in [0.2, 0.25) is 0 Å². The van der Waals surface area contributed by atoms with Crippen molar-refractivity contribution in [3.8, 4) is 44.6 Å². The minimum Gasteiger partial charge on any atom is -0.248 e. The van der Waals surface area contributed by atoms with Gasteiger partial charge in [-0.1, -0.05) is 146 Å². The summed E-state index contributed by atoms with van der Waals surface area (Å²) in [5.41, 5.74) is 10.5. The second-order valence-electron chi connectivity index (χ2n) is 11.6. The zero-order valence-corrected chi connectivity index (χ0v) is 24.0. The average molecular weight is 558 g/mol. The number of hydrogen-bond donors (Lipinski definition) is 0. The molecule has 0 saturated heterocycles. The Balaban J connectivity index is 1.23. The summed E-state index contributed by atoms with van der Waals surface area (Å²) in [4.78, 5) is 4.94. The molecule has 1 aromatic heterocycles. The number of benzene rings is 8. The second kappa shape index (κ2) is 9.90. The van der Waals surface area contributed by atoms with E-state index in [9.17, 15) is 0 Å². The number of para-hydroxylation sites is 1. The summed E-state index contributed by atoms with van der Waals surface area (Å²) in [6.45, 7) is 0. The molecular weight excluding hydrogens is 530 g/mol. The molecule has 0 aliphatic carbocycles.